The molecule has 6 heteroatoms. The Balaban J connectivity index is 1.67. The Morgan fingerprint density at radius 1 is 1.04 bits per heavy atom. The van der Waals surface area contributed by atoms with Gasteiger partial charge in [-0.05, 0) is 49.7 Å². The number of nitrogens with one attached hydrogen (secondary N) is 2. The summed E-state index contributed by atoms with van der Waals surface area (Å²) in [6, 6.07) is 11.0. The number of benzene rings is 2. The number of rotatable bonds is 7. The summed E-state index contributed by atoms with van der Waals surface area (Å²) in [6.45, 7) is 4.49. The van der Waals surface area contributed by atoms with E-state index in [1.54, 1.807) is 0 Å². The molecule has 0 saturated heterocycles. The molecule has 0 aliphatic rings. The number of carbonyl (C=O) groups is 2. The van der Waals surface area contributed by atoms with Gasteiger partial charge in [0, 0.05) is 5.56 Å². The zero-order chi connectivity index (χ0) is 18.2. The van der Waals surface area contributed by atoms with Crippen molar-refractivity contribution in [2.75, 3.05) is 19.7 Å². The van der Waals surface area contributed by atoms with Gasteiger partial charge in [-0.3, -0.25) is 9.59 Å². The lowest BCUT2D eigenvalue weighted by molar-refractivity contribution is -0.120. The van der Waals surface area contributed by atoms with Crippen LogP contribution in [0.1, 0.15) is 21.5 Å². The maximum atomic E-state index is 12.8. The van der Waals surface area contributed by atoms with Crippen molar-refractivity contribution < 1.29 is 18.7 Å². The molecule has 132 valence electrons. The number of carbonyl (C=O) groups excluding carboxylic acids is 2. The third-order valence-corrected chi connectivity index (χ3v) is 3.53. The molecule has 2 amide bonds. The molecule has 25 heavy (non-hydrogen) atoms. The lowest BCUT2D eigenvalue weighted by atomic mass is 10.1. The molecule has 0 atom stereocenters. The van der Waals surface area contributed by atoms with Gasteiger partial charge in [0.05, 0.1) is 13.1 Å². The molecule has 2 aromatic rings. The van der Waals surface area contributed by atoms with Crippen molar-refractivity contribution in [1.29, 1.82) is 0 Å². The van der Waals surface area contributed by atoms with Crippen molar-refractivity contribution >= 4 is 11.8 Å². The number of hydrogen-bond acceptors (Lipinski definition) is 3. The molecule has 0 unspecified atom stereocenters. The van der Waals surface area contributed by atoms with Crippen LogP contribution in [-0.4, -0.2) is 31.5 Å². The second-order valence-corrected chi connectivity index (χ2v) is 5.66. The predicted octanol–water partition coefficient (Wildman–Crippen LogP) is 2.37. The van der Waals surface area contributed by atoms with Crippen LogP contribution in [0.25, 0.3) is 0 Å². The molecule has 0 fully saturated rings. The van der Waals surface area contributed by atoms with Crippen molar-refractivity contribution in [2.24, 2.45) is 0 Å². The number of ether oxygens (including phenoxy) is 1. The van der Waals surface area contributed by atoms with Gasteiger partial charge in [0.15, 0.2) is 0 Å². The fourth-order valence-electron chi connectivity index (χ4n) is 2.24. The zero-order valence-electron chi connectivity index (χ0n) is 14.3. The Kier molecular flexibility index (Phi) is 6.51. The molecule has 0 aliphatic carbocycles. The minimum atomic E-state index is -0.429. The standard InChI is InChI=1S/C19H21FN2O3/c1-13-3-8-17(14(2)11-13)25-10-9-21-18(23)12-22-19(24)15-4-6-16(20)7-5-15/h3-8,11H,9-10,12H2,1-2H3,(H,21,23)(H,22,24). The van der Waals surface area contributed by atoms with Crippen LogP contribution >= 0.6 is 0 Å². The fraction of sp³-hybridized carbons (Fsp3) is 0.263. The van der Waals surface area contributed by atoms with Gasteiger partial charge in [0.25, 0.3) is 5.91 Å². The second kappa shape index (κ2) is 8.82. The molecule has 0 heterocycles. The van der Waals surface area contributed by atoms with Gasteiger partial charge in [-0.15, -0.1) is 0 Å². The fourth-order valence-corrected chi connectivity index (χ4v) is 2.24. The highest BCUT2D eigenvalue weighted by atomic mass is 19.1. The first kappa shape index (κ1) is 18.4. The molecule has 2 N–H and O–H groups in total. The topological polar surface area (TPSA) is 67.4 Å². The number of amides is 2. The summed E-state index contributed by atoms with van der Waals surface area (Å²) in [5.41, 5.74) is 2.50. The van der Waals surface area contributed by atoms with Gasteiger partial charge in [0.1, 0.15) is 18.2 Å². The van der Waals surface area contributed by atoms with E-state index in [1.165, 1.54) is 24.3 Å². The second-order valence-electron chi connectivity index (χ2n) is 5.66. The lowest BCUT2D eigenvalue weighted by Crippen LogP contribution is -2.38. The quantitative estimate of drug-likeness (QED) is 0.758. The molecule has 0 saturated carbocycles. The maximum absolute atomic E-state index is 12.8. The molecular formula is C19H21FN2O3. The SMILES string of the molecule is Cc1ccc(OCCNC(=O)CNC(=O)c2ccc(F)cc2)c(C)c1. The average Bonchev–Trinajstić information content (AvgIpc) is 2.58. The molecular weight excluding hydrogens is 323 g/mol. The highest BCUT2D eigenvalue weighted by molar-refractivity contribution is 5.96. The van der Waals surface area contributed by atoms with Crippen LogP contribution in [0.15, 0.2) is 42.5 Å². The largest absolute Gasteiger partial charge is 0.491 e. The molecule has 0 aliphatic heterocycles. The van der Waals surface area contributed by atoms with E-state index in [-0.39, 0.29) is 12.5 Å². The third-order valence-electron chi connectivity index (χ3n) is 3.53. The minimum absolute atomic E-state index is 0.153. The Hall–Kier alpha value is -2.89. The van der Waals surface area contributed by atoms with Gasteiger partial charge in [-0.2, -0.15) is 0 Å². The minimum Gasteiger partial charge on any atom is -0.491 e. The van der Waals surface area contributed by atoms with Gasteiger partial charge in [0.2, 0.25) is 5.91 Å². The van der Waals surface area contributed by atoms with Crippen molar-refractivity contribution in [2.45, 2.75) is 13.8 Å². The first-order valence-corrected chi connectivity index (χ1v) is 7.96. The van der Waals surface area contributed by atoms with Crippen LogP contribution in [0.3, 0.4) is 0 Å². The van der Waals surface area contributed by atoms with Crippen molar-refractivity contribution in [3.63, 3.8) is 0 Å². The first-order chi connectivity index (χ1) is 12.0. The maximum Gasteiger partial charge on any atom is 0.251 e. The molecule has 5 nitrogen and oxygen atoms in total. The van der Waals surface area contributed by atoms with Gasteiger partial charge < -0.3 is 15.4 Å². The third kappa shape index (κ3) is 5.91. The summed E-state index contributed by atoms with van der Waals surface area (Å²) in [5, 5.41) is 5.14. The van der Waals surface area contributed by atoms with Gasteiger partial charge in [-0.25, -0.2) is 4.39 Å². The van der Waals surface area contributed by atoms with Crippen molar-refractivity contribution in [3.05, 3.63) is 65.0 Å². The van der Waals surface area contributed by atoms with Gasteiger partial charge >= 0.3 is 0 Å². The van der Waals surface area contributed by atoms with E-state index in [0.717, 1.165) is 16.9 Å². The number of hydrogen-bond donors (Lipinski definition) is 2. The molecule has 0 bridgehead atoms. The van der Waals surface area contributed by atoms with E-state index in [1.807, 2.05) is 32.0 Å². The summed E-state index contributed by atoms with van der Waals surface area (Å²) >= 11 is 0. The Labute approximate surface area is 146 Å². The van der Waals surface area contributed by atoms with Crippen molar-refractivity contribution in [3.8, 4) is 5.75 Å². The summed E-state index contributed by atoms with van der Waals surface area (Å²) in [5.74, 6) is -0.385. The van der Waals surface area contributed by atoms with Gasteiger partial charge in [-0.1, -0.05) is 17.7 Å². The Morgan fingerprint density at radius 2 is 1.76 bits per heavy atom. The van der Waals surface area contributed by atoms with Crippen LogP contribution in [0.4, 0.5) is 4.39 Å². The average molecular weight is 344 g/mol. The lowest BCUT2D eigenvalue weighted by Gasteiger charge is -2.11. The molecule has 0 spiro atoms. The van der Waals surface area contributed by atoms with Crippen LogP contribution in [0, 0.1) is 19.7 Å². The van der Waals surface area contributed by atoms with Crippen LogP contribution < -0.4 is 15.4 Å². The summed E-state index contributed by atoms with van der Waals surface area (Å²) in [4.78, 5) is 23.5. The zero-order valence-corrected chi connectivity index (χ0v) is 14.3. The van der Waals surface area contributed by atoms with E-state index in [9.17, 15) is 14.0 Å². The first-order valence-electron chi connectivity index (χ1n) is 7.96. The van der Waals surface area contributed by atoms with E-state index in [4.69, 9.17) is 4.74 Å². The van der Waals surface area contributed by atoms with E-state index in [0.29, 0.717) is 18.7 Å². The number of aryl methyl sites for hydroxylation is 2. The highest BCUT2D eigenvalue weighted by Gasteiger charge is 2.08. The summed E-state index contributed by atoms with van der Waals surface area (Å²) in [6.07, 6.45) is 0. The van der Waals surface area contributed by atoms with Crippen LogP contribution in [0.5, 0.6) is 5.75 Å². The Morgan fingerprint density at radius 3 is 2.44 bits per heavy atom. The molecule has 2 rings (SSSR count). The smallest absolute Gasteiger partial charge is 0.251 e. The van der Waals surface area contributed by atoms with E-state index < -0.39 is 11.7 Å². The Bertz CT molecular complexity index is 745. The predicted molar refractivity (Wildman–Crippen MR) is 93.2 cm³/mol. The molecule has 0 radical (unpaired) electrons. The monoisotopic (exact) mass is 344 g/mol. The normalized spacial score (nSPS) is 10.2. The highest BCUT2D eigenvalue weighted by Crippen LogP contribution is 2.18. The van der Waals surface area contributed by atoms with Crippen LogP contribution in [0.2, 0.25) is 0 Å². The summed E-state index contributed by atoms with van der Waals surface area (Å²) < 4.78 is 18.4. The van der Waals surface area contributed by atoms with Crippen molar-refractivity contribution in [1.82, 2.24) is 10.6 Å². The molecule has 0 aromatic heterocycles. The summed E-state index contributed by atoms with van der Waals surface area (Å²) in [7, 11) is 0. The van der Waals surface area contributed by atoms with E-state index in [2.05, 4.69) is 10.6 Å². The van der Waals surface area contributed by atoms with Crippen LogP contribution in [-0.2, 0) is 4.79 Å². The van der Waals surface area contributed by atoms with E-state index >= 15 is 0 Å². The molecule has 2 aromatic carbocycles. The number of halogens is 1.